The molecule has 0 fully saturated rings. The summed E-state index contributed by atoms with van der Waals surface area (Å²) in [6.45, 7) is 4.06. The molecule has 0 radical (unpaired) electrons. The Kier molecular flexibility index (Phi) is 7.15. The molecule has 19 heavy (non-hydrogen) atoms. The molecule has 0 spiro atoms. The van der Waals surface area contributed by atoms with Crippen molar-refractivity contribution in [1.82, 2.24) is 10.2 Å². The second-order valence-electron chi connectivity index (χ2n) is 4.65. The van der Waals surface area contributed by atoms with Gasteiger partial charge in [0.2, 0.25) is 5.91 Å². The van der Waals surface area contributed by atoms with Crippen molar-refractivity contribution in [2.45, 2.75) is 25.8 Å². The van der Waals surface area contributed by atoms with Gasteiger partial charge in [-0.05, 0) is 31.5 Å². The lowest BCUT2D eigenvalue weighted by Gasteiger charge is -2.31. The number of hydrogen-bond donors (Lipinski definition) is 2. The summed E-state index contributed by atoms with van der Waals surface area (Å²) in [6, 6.07) is 10.5. The lowest BCUT2D eigenvalue weighted by molar-refractivity contribution is -0.122. The van der Waals surface area contributed by atoms with Crippen molar-refractivity contribution < 1.29 is 4.79 Å². The summed E-state index contributed by atoms with van der Waals surface area (Å²) in [5.74, 6) is 0.0476. The zero-order valence-electron chi connectivity index (χ0n) is 11.9. The van der Waals surface area contributed by atoms with E-state index in [0.717, 1.165) is 19.4 Å². The van der Waals surface area contributed by atoms with Crippen LogP contribution in [0.3, 0.4) is 0 Å². The number of nitrogens with two attached hydrogens (primary N) is 1. The molecule has 3 N–H and O–H groups in total. The van der Waals surface area contributed by atoms with Gasteiger partial charge in [0.1, 0.15) is 0 Å². The fraction of sp³-hybridized carbons (Fsp3) is 0.533. The van der Waals surface area contributed by atoms with Crippen LogP contribution in [0.1, 0.15) is 31.4 Å². The monoisotopic (exact) mass is 263 g/mol. The summed E-state index contributed by atoms with van der Waals surface area (Å²) in [7, 11) is 1.67. The van der Waals surface area contributed by atoms with Crippen LogP contribution in [0.15, 0.2) is 30.3 Å². The lowest BCUT2D eigenvalue weighted by Crippen LogP contribution is -2.39. The van der Waals surface area contributed by atoms with E-state index >= 15 is 0 Å². The van der Waals surface area contributed by atoms with E-state index in [9.17, 15) is 4.79 Å². The molecule has 4 nitrogen and oxygen atoms in total. The molecule has 1 aromatic carbocycles. The number of likely N-dealkylation sites (N-methyl/N-ethyl adjacent to an activating group) is 1. The van der Waals surface area contributed by atoms with Gasteiger partial charge >= 0.3 is 0 Å². The topological polar surface area (TPSA) is 58.4 Å². The average molecular weight is 263 g/mol. The predicted molar refractivity (Wildman–Crippen MR) is 78.8 cm³/mol. The maximum Gasteiger partial charge on any atom is 0.233 e. The van der Waals surface area contributed by atoms with Gasteiger partial charge in [-0.3, -0.25) is 9.69 Å². The average Bonchev–Trinajstić information content (AvgIpc) is 2.45. The molecule has 0 aliphatic heterocycles. The summed E-state index contributed by atoms with van der Waals surface area (Å²) < 4.78 is 0. The molecule has 0 heterocycles. The van der Waals surface area contributed by atoms with Crippen LogP contribution in [0, 0.1) is 0 Å². The first kappa shape index (κ1) is 15.7. The number of rotatable bonds is 8. The summed E-state index contributed by atoms with van der Waals surface area (Å²) >= 11 is 0. The van der Waals surface area contributed by atoms with Crippen LogP contribution in [-0.2, 0) is 4.79 Å². The van der Waals surface area contributed by atoms with E-state index < -0.39 is 0 Å². The fourth-order valence-electron chi connectivity index (χ4n) is 2.29. The first-order valence-corrected chi connectivity index (χ1v) is 6.92. The molecule has 1 rings (SSSR count). The standard InChI is InChI=1S/C15H25N3O/c1-3-11-18(12-15(19)17-2)14(9-10-16)13-7-5-4-6-8-13/h4-8,14H,3,9-12,16H2,1-2H3,(H,17,19). The largest absolute Gasteiger partial charge is 0.358 e. The Balaban J connectivity index is 2.88. The molecule has 1 amide bonds. The van der Waals surface area contributed by atoms with E-state index in [0.29, 0.717) is 13.1 Å². The van der Waals surface area contributed by atoms with Crippen LogP contribution >= 0.6 is 0 Å². The van der Waals surface area contributed by atoms with Crippen LogP contribution in [-0.4, -0.2) is 37.5 Å². The van der Waals surface area contributed by atoms with Crippen molar-refractivity contribution in [2.75, 3.05) is 26.7 Å². The molecule has 0 bridgehead atoms. The number of hydrogen-bond acceptors (Lipinski definition) is 3. The minimum absolute atomic E-state index is 0.0476. The first-order chi connectivity index (χ1) is 9.22. The van der Waals surface area contributed by atoms with E-state index in [4.69, 9.17) is 5.73 Å². The van der Waals surface area contributed by atoms with E-state index in [-0.39, 0.29) is 11.9 Å². The van der Waals surface area contributed by atoms with Gasteiger partial charge in [-0.25, -0.2) is 0 Å². The highest BCUT2D eigenvalue weighted by atomic mass is 16.1. The second-order valence-corrected chi connectivity index (χ2v) is 4.65. The highest BCUT2D eigenvalue weighted by Crippen LogP contribution is 2.23. The van der Waals surface area contributed by atoms with Gasteiger partial charge in [0.05, 0.1) is 6.54 Å². The molecule has 1 aromatic rings. The molecular formula is C15H25N3O. The molecule has 106 valence electrons. The third-order valence-electron chi connectivity index (χ3n) is 3.20. The Bertz CT molecular complexity index is 367. The van der Waals surface area contributed by atoms with Crippen LogP contribution < -0.4 is 11.1 Å². The van der Waals surface area contributed by atoms with E-state index in [1.807, 2.05) is 18.2 Å². The second kappa shape index (κ2) is 8.67. The zero-order chi connectivity index (χ0) is 14.1. The van der Waals surface area contributed by atoms with Crippen molar-refractivity contribution in [3.05, 3.63) is 35.9 Å². The van der Waals surface area contributed by atoms with Gasteiger partial charge in [0.15, 0.2) is 0 Å². The molecule has 0 saturated heterocycles. The smallest absolute Gasteiger partial charge is 0.233 e. The van der Waals surface area contributed by atoms with E-state index in [1.165, 1.54) is 5.56 Å². The lowest BCUT2D eigenvalue weighted by atomic mass is 10.0. The summed E-state index contributed by atoms with van der Waals surface area (Å²) in [4.78, 5) is 13.9. The summed E-state index contributed by atoms with van der Waals surface area (Å²) in [5.41, 5.74) is 6.96. The van der Waals surface area contributed by atoms with E-state index in [2.05, 4.69) is 29.3 Å². The van der Waals surface area contributed by atoms with Crippen LogP contribution in [0.2, 0.25) is 0 Å². The minimum Gasteiger partial charge on any atom is -0.358 e. The van der Waals surface area contributed by atoms with Gasteiger partial charge in [0.25, 0.3) is 0 Å². The van der Waals surface area contributed by atoms with Crippen LogP contribution in [0.25, 0.3) is 0 Å². The molecule has 0 saturated carbocycles. The number of nitrogens with one attached hydrogen (secondary N) is 1. The number of benzene rings is 1. The Morgan fingerprint density at radius 2 is 2.05 bits per heavy atom. The quantitative estimate of drug-likeness (QED) is 0.748. The SMILES string of the molecule is CCCN(CC(=O)NC)C(CCN)c1ccccc1. The van der Waals surface area contributed by atoms with Gasteiger partial charge in [-0.15, -0.1) is 0 Å². The fourth-order valence-corrected chi connectivity index (χ4v) is 2.29. The highest BCUT2D eigenvalue weighted by Gasteiger charge is 2.20. The third kappa shape index (κ3) is 5.01. The van der Waals surface area contributed by atoms with Gasteiger partial charge in [0, 0.05) is 13.1 Å². The zero-order valence-corrected chi connectivity index (χ0v) is 11.9. The molecule has 0 aliphatic carbocycles. The first-order valence-electron chi connectivity index (χ1n) is 6.92. The molecule has 0 aliphatic rings. The minimum atomic E-state index is 0.0476. The van der Waals surface area contributed by atoms with Crippen molar-refractivity contribution in [1.29, 1.82) is 0 Å². The number of carbonyl (C=O) groups is 1. The normalized spacial score (nSPS) is 12.4. The van der Waals surface area contributed by atoms with Gasteiger partial charge in [-0.1, -0.05) is 37.3 Å². The third-order valence-corrected chi connectivity index (χ3v) is 3.20. The predicted octanol–water partition coefficient (Wildman–Crippen LogP) is 1.53. The van der Waals surface area contributed by atoms with Crippen LogP contribution in [0.5, 0.6) is 0 Å². The number of carbonyl (C=O) groups excluding carboxylic acids is 1. The molecule has 4 heteroatoms. The Morgan fingerprint density at radius 1 is 1.37 bits per heavy atom. The van der Waals surface area contributed by atoms with Crippen molar-refractivity contribution in [3.8, 4) is 0 Å². The van der Waals surface area contributed by atoms with E-state index in [1.54, 1.807) is 7.05 Å². The van der Waals surface area contributed by atoms with Gasteiger partial charge in [-0.2, -0.15) is 0 Å². The molecule has 0 aromatic heterocycles. The van der Waals surface area contributed by atoms with Crippen molar-refractivity contribution in [2.24, 2.45) is 5.73 Å². The molecule has 1 unspecified atom stereocenters. The summed E-state index contributed by atoms with van der Waals surface area (Å²) in [6.07, 6.45) is 1.88. The number of nitrogens with zero attached hydrogens (tertiary/aromatic N) is 1. The molecule has 1 atom stereocenters. The maximum atomic E-state index is 11.7. The highest BCUT2D eigenvalue weighted by molar-refractivity contribution is 5.77. The molecular weight excluding hydrogens is 238 g/mol. The summed E-state index contributed by atoms with van der Waals surface area (Å²) in [5, 5.41) is 2.69. The maximum absolute atomic E-state index is 11.7. The van der Waals surface area contributed by atoms with Crippen molar-refractivity contribution >= 4 is 5.91 Å². The van der Waals surface area contributed by atoms with Gasteiger partial charge < -0.3 is 11.1 Å². The number of amides is 1. The van der Waals surface area contributed by atoms with Crippen molar-refractivity contribution in [3.63, 3.8) is 0 Å². The Labute approximate surface area is 116 Å². The Hall–Kier alpha value is -1.39. The van der Waals surface area contributed by atoms with Crippen LogP contribution in [0.4, 0.5) is 0 Å². The Morgan fingerprint density at radius 3 is 2.58 bits per heavy atom.